The van der Waals surface area contributed by atoms with Crippen LogP contribution in [-0.4, -0.2) is 40.9 Å². The van der Waals surface area contributed by atoms with Crippen LogP contribution in [0.15, 0.2) is 48.5 Å². The van der Waals surface area contributed by atoms with Crippen molar-refractivity contribution in [3.63, 3.8) is 0 Å². The minimum absolute atomic E-state index is 0.0468. The molecule has 1 fully saturated rings. The predicted molar refractivity (Wildman–Crippen MR) is 109 cm³/mol. The van der Waals surface area contributed by atoms with Crippen LogP contribution in [0.4, 0.5) is 20.2 Å². The van der Waals surface area contributed by atoms with Gasteiger partial charge in [0.25, 0.3) is 11.8 Å². The number of hydrogen-bond acceptors (Lipinski definition) is 4. The van der Waals surface area contributed by atoms with Crippen molar-refractivity contribution in [1.82, 2.24) is 4.90 Å². The Labute approximate surface area is 177 Å². The number of carbonyl (C=O) groups excluding carboxylic acids is 3. The van der Waals surface area contributed by atoms with E-state index in [9.17, 15) is 23.2 Å². The first-order valence-electron chi connectivity index (χ1n) is 9.88. The zero-order valence-electron chi connectivity index (χ0n) is 17.0. The van der Waals surface area contributed by atoms with Crippen molar-refractivity contribution in [3.05, 3.63) is 54.1 Å². The number of fused-ring (bicyclic) bond motifs is 3. The average molecular weight is 429 g/mol. The van der Waals surface area contributed by atoms with Crippen molar-refractivity contribution < 1.29 is 27.9 Å². The molecule has 2 aliphatic heterocycles. The van der Waals surface area contributed by atoms with E-state index in [1.165, 1.54) is 34.1 Å². The number of hydrogen-bond donors (Lipinski definition) is 1. The van der Waals surface area contributed by atoms with Gasteiger partial charge in [-0.2, -0.15) is 8.78 Å². The molecule has 2 heterocycles. The number of nitrogens with zero attached hydrogens (tertiary/aromatic N) is 2. The highest BCUT2D eigenvalue weighted by molar-refractivity contribution is 6.18. The van der Waals surface area contributed by atoms with E-state index < -0.39 is 18.2 Å². The van der Waals surface area contributed by atoms with Gasteiger partial charge in [0.15, 0.2) is 0 Å². The van der Waals surface area contributed by atoms with Crippen molar-refractivity contribution in [3.8, 4) is 5.75 Å². The van der Waals surface area contributed by atoms with Crippen molar-refractivity contribution in [2.24, 2.45) is 0 Å². The van der Waals surface area contributed by atoms with Crippen LogP contribution in [0.1, 0.15) is 37.0 Å². The van der Waals surface area contributed by atoms with Gasteiger partial charge in [0, 0.05) is 24.6 Å². The molecule has 162 valence electrons. The number of rotatable bonds is 5. The number of nitrogens with one attached hydrogen (secondary N) is 1. The molecule has 0 aliphatic carbocycles. The van der Waals surface area contributed by atoms with E-state index >= 15 is 0 Å². The van der Waals surface area contributed by atoms with Crippen LogP contribution < -0.4 is 15.0 Å². The van der Waals surface area contributed by atoms with E-state index in [1.54, 1.807) is 38.1 Å². The number of amides is 3. The fourth-order valence-corrected chi connectivity index (χ4v) is 4.36. The number of para-hydroxylation sites is 1. The fraction of sp³-hybridized carbons (Fsp3) is 0.318. The van der Waals surface area contributed by atoms with E-state index in [-0.39, 0.29) is 36.4 Å². The zero-order chi connectivity index (χ0) is 22.3. The highest BCUT2D eigenvalue weighted by atomic mass is 19.3. The molecule has 3 amide bonds. The number of ether oxygens (including phenoxy) is 1. The largest absolute Gasteiger partial charge is 0.435 e. The molecule has 0 radical (unpaired) electrons. The lowest BCUT2D eigenvalue weighted by Crippen LogP contribution is -2.70. The molecule has 9 heteroatoms. The molecule has 31 heavy (non-hydrogen) atoms. The Morgan fingerprint density at radius 3 is 2.42 bits per heavy atom. The summed E-state index contributed by atoms with van der Waals surface area (Å²) in [4.78, 5) is 42.7. The lowest BCUT2D eigenvalue weighted by Gasteiger charge is -2.50. The summed E-state index contributed by atoms with van der Waals surface area (Å²) in [6, 6.07) is 11.8. The number of alkyl halides is 2. The van der Waals surface area contributed by atoms with E-state index in [0.29, 0.717) is 16.9 Å². The SMILES string of the molecule is CC(C)N1C(=O)c2ccccc2N2C(=O)CC[C@]21C(=O)Nc1ccc(OC(F)F)cc1. The molecule has 0 bridgehead atoms. The Bertz CT molecular complexity index is 1040. The summed E-state index contributed by atoms with van der Waals surface area (Å²) in [5.41, 5.74) is -0.420. The number of anilines is 2. The third-order valence-corrected chi connectivity index (χ3v) is 5.52. The minimum atomic E-state index is -2.95. The smallest absolute Gasteiger partial charge is 0.387 e. The first-order valence-corrected chi connectivity index (χ1v) is 9.88. The molecule has 2 aromatic carbocycles. The van der Waals surface area contributed by atoms with Crippen LogP contribution in [-0.2, 0) is 9.59 Å². The lowest BCUT2D eigenvalue weighted by atomic mass is 9.94. The summed E-state index contributed by atoms with van der Waals surface area (Å²) in [6.07, 6.45) is 0.252. The normalized spacial score (nSPS) is 20.2. The summed E-state index contributed by atoms with van der Waals surface area (Å²) in [5, 5.41) is 2.74. The fourth-order valence-electron chi connectivity index (χ4n) is 4.36. The first-order chi connectivity index (χ1) is 14.8. The second kappa shape index (κ2) is 7.64. The Balaban J connectivity index is 1.74. The predicted octanol–water partition coefficient (Wildman–Crippen LogP) is 3.61. The molecule has 0 unspecified atom stereocenters. The van der Waals surface area contributed by atoms with Crippen LogP contribution in [0.2, 0.25) is 0 Å². The van der Waals surface area contributed by atoms with Crippen LogP contribution in [0.25, 0.3) is 0 Å². The lowest BCUT2D eigenvalue weighted by molar-refractivity contribution is -0.129. The van der Waals surface area contributed by atoms with Gasteiger partial charge >= 0.3 is 6.61 Å². The van der Waals surface area contributed by atoms with E-state index in [1.807, 2.05) is 0 Å². The summed E-state index contributed by atoms with van der Waals surface area (Å²) >= 11 is 0. The quantitative estimate of drug-likeness (QED) is 0.788. The van der Waals surface area contributed by atoms with Crippen molar-refractivity contribution in [2.75, 3.05) is 10.2 Å². The highest BCUT2D eigenvalue weighted by Gasteiger charge is 2.61. The monoisotopic (exact) mass is 429 g/mol. The van der Waals surface area contributed by atoms with Crippen molar-refractivity contribution >= 4 is 29.1 Å². The van der Waals surface area contributed by atoms with E-state index in [4.69, 9.17) is 0 Å². The van der Waals surface area contributed by atoms with Crippen LogP contribution >= 0.6 is 0 Å². The molecule has 1 saturated heterocycles. The zero-order valence-corrected chi connectivity index (χ0v) is 17.0. The number of carbonyl (C=O) groups is 3. The van der Waals surface area contributed by atoms with Gasteiger partial charge < -0.3 is 15.0 Å². The molecule has 0 saturated carbocycles. The minimum Gasteiger partial charge on any atom is -0.435 e. The second-order valence-electron chi connectivity index (χ2n) is 7.69. The first kappa shape index (κ1) is 20.8. The Morgan fingerprint density at radius 1 is 1.10 bits per heavy atom. The van der Waals surface area contributed by atoms with Crippen molar-refractivity contribution in [1.29, 1.82) is 0 Å². The van der Waals surface area contributed by atoms with Gasteiger partial charge in [0.1, 0.15) is 5.75 Å². The average Bonchev–Trinajstić information content (AvgIpc) is 3.07. The van der Waals surface area contributed by atoms with Gasteiger partial charge in [-0.05, 0) is 50.2 Å². The summed E-state index contributed by atoms with van der Waals surface area (Å²) in [6.45, 7) is 0.627. The van der Waals surface area contributed by atoms with Gasteiger partial charge in [-0.15, -0.1) is 0 Å². The molecular weight excluding hydrogens is 408 g/mol. The summed E-state index contributed by atoms with van der Waals surface area (Å²) in [7, 11) is 0. The van der Waals surface area contributed by atoms with Crippen LogP contribution in [0, 0.1) is 0 Å². The topological polar surface area (TPSA) is 79.0 Å². The maximum atomic E-state index is 13.6. The van der Waals surface area contributed by atoms with Gasteiger partial charge in [-0.3, -0.25) is 19.3 Å². The molecular formula is C22H21F2N3O4. The third kappa shape index (κ3) is 3.30. The van der Waals surface area contributed by atoms with Crippen LogP contribution in [0.3, 0.4) is 0 Å². The molecule has 2 aliphatic rings. The summed E-state index contributed by atoms with van der Waals surface area (Å²) in [5.74, 6) is -1.17. The number of halogens is 2. The second-order valence-corrected chi connectivity index (χ2v) is 7.69. The van der Waals surface area contributed by atoms with Crippen LogP contribution in [0.5, 0.6) is 5.75 Å². The van der Waals surface area contributed by atoms with E-state index in [2.05, 4.69) is 10.1 Å². The van der Waals surface area contributed by atoms with E-state index in [0.717, 1.165) is 0 Å². The van der Waals surface area contributed by atoms with Gasteiger partial charge in [-0.25, -0.2) is 0 Å². The highest BCUT2D eigenvalue weighted by Crippen LogP contribution is 2.45. The number of benzene rings is 2. The Hall–Kier alpha value is -3.49. The molecule has 1 atom stereocenters. The Morgan fingerprint density at radius 2 is 1.77 bits per heavy atom. The maximum Gasteiger partial charge on any atom is 0.387 e. The third-order valence-electron chi connectivity index (χ3n) is 5.52. The molecule has 4 rings (SSSR count). The standard InChI is InChI=1S/C22H21F2N3O4/c1-13(2)26-19(29)16-5-3-4-6-17(16)27-18(28)11-12-22(26,27)20(30)25-14-7-9-15(10-8-14)31-21(23)24/h3-10,13,21H,11-12H2,1-2H3,(H,25,30)/t22-/m1/s1. The molecule has 2 aromatic rings. The Kier molecular flexibility index (Phi) is 5.12. The molecule has 0 spiro atoms. The summed E-state index contributed by atoms with van der Waals surface area (Å²) < 4.78 is 29.1. The maximum absolute atomic E-state index is 13.6. The molecule has 1 N–H and O–H groups in total. The molecule has 7 nitrogen and oxygen atoms in total. The van der Waals surface area contributed by atoms with Crippen molar-refractivity contribution in [2.45, 2.75) is 45.0 Å². The molecule has 0 aromatic heterocycles. The van der Waals surface area contributed by atoms with Gasteiger partial charge in [0.2, 0.25) is 11.6 Å². The van der Waals surface area contributed by atoms with Gasteiger partial charge in [0.05, 0.1) is 11.3 Å². The van der Waals surface area contributed by atoms with Gasteiger partial charge in [-0.1, -0.05) is 12.1 Å².